The Kier molecular flexibility index (Phi) is 5.53. The lowest BCUT2D eigenvalue weighted by atomic mass is 10.2. The van der Waals surface area contributed by atoms with Gasteiger partial charge < -0.3 is 20.7 Å². The van der Waals surface area contributed by atoms with Crippen LogP contribution in [0.25, 0.3) is 0 Å². The van der Waals surface area contributed by atoms with Crippen LogP contribution in [-0.2, 0) is 0 Å². The molecule has 0 saturated heterocycles. The number of benzene rings is 2. The molecule has 6 heteroatoms. The van der Waals surface area contributed by atoms with Crippen LogP contribution in [0.15, 0.2) is 61.2 Å². The van der Waals surface area contributed by atoms with Gasteiger partial charge in [-0.05, 0) is 49.2 Å². The fraction of sp³-hybridized carbons (Fsp3) is 0.200. The van der Waals surface area contributed by atoms with E-state index >= 15 is 0 Å². The van der Waals surface area contributed by atoms with Crippen LogP contribution in [0.4, 0.5) is 16.2 Å². The molecule has 134 valence electrons. The molecule has 0 spiro atoms. The first-order valence-electron chi connectivity index (χ1n) is 8.47. The Labute approximate surface area is 152 Å². The van der Waals surface area contributed by atoms with Crippen LogP contribution < -0.4 is 20.7 Å². The van der Waals surface area contributed by atoms with Crippen molar-refractivity contribution in [2.24, 2.45) is 0 Å². The van der Waals surface area contributed by atoms with Gasteiger partial charge in [0.05, 0.1) is 0 Å². The molecular weight excluding hydrogens is 330 g/mol. The van der Waals surface area contributed by atoms with Crippen molar-refractivity contribution in [3.63, 3.8) is 0 Å². The molecular formula is C20H21N3O3. The molecule has 3 N–H and O–H groups in total. The quantitative estimate of drug-likeness (QED) is 0.664. The van der Waals surface area contributed by atoms with Gasteiger partial charge in [-0.2, -0.15) is 0 Å². The Morgan fingerprint density at radius 2 is 1.85 bits per heavy atom. The molecule has 0 atom stereocenters. The van der Waals surface area contributed by atoms with Crippen molar-refractivity contribution < 1.29 is 14.3 Å². The SMILES string of the molecule is C=CCOc1cccc(NC(=O)c2ccc(NC(=O)NC3CC3)cc2)c1. The topological polar surface area (TPSA) is 79.5 Å². The molecule has 3 amide bonds. The third-order valence-electron chi connectivity index (χ3n) is 3.78. The molecule has 0 radical (unpaired) electrons. The van der Waals surface area contributed by atoms with E-state index < -0.39 is 0 Å². The van der Waals surface area contributed by atoms with Crippen LogP contribution in [0, 0.1) is 0 Å². The molecule has 2 aromatic rings. The van der Waals surface area contributed by atoms with Crippen LogP contribution in [0.3, 0.4) is 0 Å². The van der Waals surface area contributed by atoms with Gasteiger partial charge in [0.25, 0.3) is 5.91 Å². The highest BCUT2D eigenvalue weighted by atomic mass is 16.5. The van der Waals surface area contributed by atoms with E-state index in [1.807, 2.05) is 6.07 Å². The van der Waals surface area contributed by atoms with Gasteiger partial charge in [-0.3, -0.25) is 4.79 Å². The largest absolute Gasteiger partial charge is 0.489 e. The monoisotopic (exact) mass is 351 g/mol. The van der Waals surface area contributed by atoms with Crippen molar-refractivity contribution in [3.05, 3.63) is 66.7 Å². The molecule has 1 aliphatic carbocycles. The molecule has 0 bridgehead atoms. The zero-order valence-electron chi connectivity index (χ0n) is 14.3. The van der Waals surface area contributed by atoms with E-state index in [2.05, 4.69) is 22.5 Å². The summed E-state index contributed by atoms with van der Waals surface area (Å²) in [5, 5.41) is 8.42. The highest BCUT2D eigenvalue weighted by Gasteiger charge is 2.23. The normalized spacial score (nSPS) is 12.8. The number of hydrogen-bond acceptors (Lipinski definition) is 3. The van der Waals surface area contributed by atoms with Crippen molar-refractivity contribution in [1.82, 2.24) is 5.32 Å². The maximum atomic E-state index is 12.4. The number of rotatable bonds is 7. The minimum Gasteiger partial charge on any atom is -0.489 e. The third kappa shape index (κ3) is 5.11. The molecule has 1 fully saturated rings. The molecule has 1 aliphatic rings. The summed E-state index contributed by atoms with van der Waals surface area (Å²) in [6.45, 7) is 4.01. The van der Waals surface area contributed by atoms with Crippen molar-refractivity contribution in [3.8, 4) is 5.75 Å². The van der Waals surface area contributed by atoms with E-state index in [9.17, 15) is 9.59 Å². The van der Waals surface area contributed by atoms with E-state index in [4.69, 9.17) is 4.74 Å². The molecule has 0 unspecified atom stereocenters. The Morgan fingerprint density at radius 3 is 2.54 bits per heavy atom. The van der Waals surface area contributed by atoms with Gasteiger partial charge in [0.2, 0.25) is 0 Å². The second-order valence-corrected chi connectivity index (χ2v) is 6.03. The first-order valence-corrected chi connectivity index (χ1v) is 8.47. The van der Waals surface area contributed by atoms with Gasteiger partial charge in [0, 0.05) is 29.0 Å². The predicted molar refractivity (Wildman–Crippen MR) is 102 cm³/mol. The smallest absolute Gasteiger partial charge is 0.319 e. The van der Waals surface area contributed by atoms with Crippen LogP contribution in [0.2, 0.25) is 0 Å². The highest BCUT2D eigenvalue weighted by Crippen LogP contribution is 2.20. The van der Waals surface area contributed by atoms with Gasteiger partial charge in [-0.1, -0.05) is 18.7 Å². The van der Waals surface area contributed by atoms with Gasteiger partial charge in [-0.15, -0.1) is 0 Å². The van der Waals surface area contributed by atoms with E-state index in [-0.39, 0.29) is 11.9 Å². The summed E-state index contributed by atoms with van der Waals surface area (Å²) in [4.78, 5) is 24.1. The summed E-state index contributed by atoms with van der Waals surface area (Å²) >= 11 is 0. The Hall–Kier alpha value is -3.28. The average Bonchev–Trinajstić information content (AvgIpc) is 3.44. The van der Waals surface area contributed by atoms with Crippen LogP contribution >= 0.6 is 0 Å². The summed E-state index contributed by atoms with van der Waals surface area (Å²) in [6.07, 6.45) is 3.73. The lowest BCUT2D eigenvalue weighted by Crippen LogP contribution is -2.30. The average molecular weight is 351 g/mol. The van der Waals surface area contributed by atoms with Crippen LogP contribution in [0.5, 0.6) is 5.75 Å². The van der Waals surface area contributed by atoms with Crippen molar-refractivity contribution in [1.29, 1.82) is 0 Å². The number of anilines is 2. The molecule has 1 saturated carbocycles. The summed E-state index contributed by atoms with van der Waals surface area (Å²) in [5.74, 6) is 0.420. The number of hydrogen-bond donors (Lipinski definition) is 3. The number of nitrogens with one attached hydrogen (secondary N) is 3. The fourth-order valence-corrected chi connectivity index (χ4v) is 2.31. The number of ether oxygens (including phenoxy) is 1. The van der Waals surface area contributed by atoms with Crippen molar-refractivity contribution in [2.75, 3.05) is 17.2 Å². The van der Waals surface area contributed by atoms with E-state index in [0.29, 0.717) is 35.3 Å². The van der Waals surface area contributed by atoms with E-state index in [1.54, 1.807) is 48.5 Å². The maximum Gasteiger partial charge on any atom is 0.319 e. The molecule has 2 aromatic carbocycles. The fourth-order valence-electron chi connectivity index (χ4n) is 2.31. The molecule has 3 rings (SSSR count). The first-order chi connectivity index (χ1) is 12.6. The van der Waals surface area contributed by atoms with Gasteiger partial charge in [0.15, 0.2) is 0 Å². The molecule has 0 aliphatic heterocycles. The number of carbonyl (C=O) groups excluding carboxylic acids is 2. The molecule has 6 nitrogen and oxygen atoms in total. The highest BCUT2D eigenvalue weighted by molar-refractivity contribution is 6.04. The Morgan fingerprint density at radius 1 is 1.08 bits per heavy atom. The van der Waals surface area contributed by atoms with E-state index in [1.165, 1.54) is 0 Å². The zero-order chi connectivity index (χ0) is 18.4. The molecule has 26 heavy (non-hydrogen) atoms. The summed E-state index contributed by atoms with van der Waals surface area (Å²) in [7, 11) is 0. The summed E-state index contributed by atoms with van der Waals surface area (Å²) in [6, 6.07) is 14.0. The number of urea groups is 1. The summed E-state index contributed by atoms with van der Waals surface area (Å²) in [5.41, 5.74) is 1.78. The predicted octanol–water partition coefficient (Wildman–Crippen LogP) is 3.79. The second-order valence-electron chi connectivity index (χ2n) is 6.03. The van der Waals surface area contributed by atoms with Crippen molar-refractivity contribution >= 4 is 23.3 Å². The lowest BCUT2D eigenvalue weighted by molar-refractivity contribution is 0.102. The van der Waals surface area contributed by atoms with Gasteiger partial charge in [-0.25, -0.2) is 4.79 Å². The zero-order valence-corrected chi connectivity index (χ0v) is 14.3. The van der Waals surface area contributed by atoms with Crippen LogP contribution in [0.1, 0.15) is 23.2 Å². The maximum absolute atomic E-state index is 12.4. The Bertz CT molecular complexity index is 798. The Balaban J connectivity index is 1.57. The van der Waals surface area contributed by atoms with Gasteiger partial charge in [0.1, 0.15) is 12.4 Å². The van der Waals surface area contributed by atoms with Crippen molar-refractivity contribution in [2.45, 2.75) is 18.9 Å². The first kappa shape index (κ1) is 17.5. The number of carbonyl (C=O) groups is 2. The minimum atomic E-state index is -0.236. The molecule has 0 aromatic heterocycles. The van der Waals surface area contributed by atoms with Crippen LogP contribution in [-0.4, -0.2) is 24.6 Å². The number of amides is 3. The standard InChI is InChI=1S/C20H21N3O3/c1-2-12-26-18-5-3-4-17(13-18)21-19(24)14-6-8-15(9-7-14)22-20(25)23-16-10-11-16/h2-9,13,16H,1,10-12H2,(H,21,24)(H2,22,23,25). The second kappa shape index (κ2) is 8.20. The lowest BCUT2D eigenvalue weighted by Gasteiger charge is -2.09. The molecule has 0 heterocycles. The van der Waals surface area contributed by atoms with E-state index in [0.717, 1.165) is 12.8 Å². The summed E-state index contributed by atoms with van der Waals surface area (Å²) < 4.78 is 5.45. The third-order valence-corrected chi connectivity index (χ3v) is 3.78. The van der Waals surface area contributed by atoms with Gasteiger partial charge >= 0.3 is 6.03 Å². The minimum absolute atomic E-state index is 0.221.